The molecule has 0 spiro atoms. The number of nitrogens with two attached hydrogens (primary N) is 1. The van der Waals surface area contributed by atoms with E-state index in [1.807, 2.05) is 26.0 Å². The van der Waals surface area contributed by atoms with E-state index in [4.69, 9.17) is 10.5 Å². The molecule has 1 aliphatic carbocycles. The maximum Gasteiger partial charge on any atom is 0.130 e. The van der Waals surface area contributed by atoms with Crippen molar-refractivity contribution in [2.75, 3.05) is 6.61 Å². The van der Waals surface area contributed by atoms with Gasteiger partial charge in [0, 0.05) is 17.5 Å². The van der Waals surface area contributed by atoms with Gasteiger partial charge in [-0.05, 0) is 38.3 Å². The van der Waals surface area contributed by atoms with Crippen LogP contribution in [-0.4, -0.2) is 12.6 Å². The SMILES string of the molecule is CCOc1ccc(C2(C(C)N)CC2)c(F)c1. The third-order valence-electron chi connectivity index (χ3n) is 3.45. The van der Waals surface area contributed by atoms with Gasteiger partial charge < -0.3 is 10.5 Å². The first-order chi connectivity index (χ1) is 7.60. The molecule has 0 heterocycles. The van der Waals surface area contributed by atoms with Crippen LogP contribution in [0.25, 0.3) is 0 Å². The Bertz CT molecular complexity index is 386. The molecule has 0 radical (unpaired) electrons. The highest BCUT2D eigenvalue weighted by atomic mass is 19.1. The molecule has 2 rings (SSSR count). The standard InChI is InChI=1S/C13H18FNO/c1-3-16-10-4-5-11(12(14)8-10)13(6-7-13)9(2)15/h4-5,8-9H,3,6-7,15H2,1-2H3. The van der Waals surface area contributed by atoms with Crippen LogP contribution in [0.1, 0.15) is 32.3 Å². The average molecular weight is 223 g/mol. The second-order valence-corrected chi connectivity index (χ2v) is 4.52. The third-order valence-corrected chi connectivity index (χ3v) is 3.45. The topological polar surface area (TPSA) is 35.2 Å². The van der Waals surface area contributed by atoms with E-state index in [0.717, 1.165) is 18.4 Å². The van der Waals surface area contributed by atoms with Crippen LogP contribution in [0.3, 0.4) is 0 Å². The van der Waals surface area contributed by atoms with E-state index in [0.29, 0.717) is 12.4 Å². The lowest BCUT2D eigenvalue weighted by atomic mass is 9.89. The molecule has 1 fully saturated rings. The Labute approximate surface area is 95.6 Å². The number of rotatable bonds is 4. The third kappa shape index (κ3) is 1.80. The molecule has 0 aromatic heterocycles. The van der Waals surface area contributed by atoms with Crippen LogP contribution in [0.15, 0.2) is 18.2 Å². The molecule has 1 saturated carbocycles. The van der Waals surface area contributed by atoms with Gasteiger partial charge in [-0.25, -0.2) is 4.39 Å². The van der Waals surface area contributed by atoms with Crippen molar-refractivity contribution in [3.05, 3.63) is 29.6 Å². The van der Waals surface area contributed by atoms with Gasteiger partial charge in [0.15, 0.2) is 0 Å². The summed E-state index contributed by atoms with van der Waals surface area (Å²) in [4.78, 5) is 0. The van der Waals surface area contributed by atoms with Gasteiger partial charge in [0.05, 0.1) is 6.61 Å². The lowest BCUT2D eigenvalue weighted by Crippen LogP contribution is -2.32. The maximum atomic E-state index is 13.9. The van der Waals surface area contributed by atoms with Crippen molar-refractivity contribution in [2.45, 2.75) is 38.1 Å². The fourth-order valence-corrected chi connectivity index (χ4v) is 2.26. The van der Waals surface area contributed by atoms with E-state index < -0.39 is 0 Å². The smallest absolute Gasteiger partial charge is 0.130 e. The number of ether oxygens (including phenoxy) is 1. The summed E-state index contributed by atoms with van der Waals surface area (Å²) >= 11 is 0. The van der Waals surface area contributed by atoms with Gasteiger partial charge in [-0.3, -0.25) is 0 Å². The number of benzene rings is 1. The summed E-state index contributed by atoms with van der Waals surface area (Å²) in [6, 6.07) is 5.10. The van der Waals surface area contributed by atoms with Crippen LogP contribution in [-0.2, 0) is 5.41 Å². The van der Waals surface area contributed by atoms with Gasteiger partial charge in [0.25, 0.3) is 0 Å². The molecule has 1 aromatic rings. The molecule has 0 saturated heterocycles. The summed E-state index contributed by atoms with van der Waals surface area (Å²) in [6.07, 6.45) is 1.96. The van der Waals surface area contributed by atoms with Crippen molar-refractivity contribution in [1.29, 1.82) is 0 Å². The van der Waals surface area contributed by atoms with E-state index in [9.17, 15) is 4.39 Å². The van der Waals surface area contributed by atoms with Gasteiger partial charge in [-0.2, -0.15) is 0 Å². The van der Waals surface area contributed by atoms with Gasteiger partial charge >= 0.3 is 0 Å². The van der Waals surface area contributed by atoms with Gasteiger partial charge in [0.2, 0.25) is 0 Å². The molecular formula is C13H18FNO. The molecule has 0 aliphatic heterocycles. The zero-order valence-electron chi connectivity index (χ0n) is 9.79. The normalized spacial score (nSPS) is 19.2. The Kier molecular flexibility index (Phi) is 2.89. The van der Waals surface area contributed by atoms with Crippen molar-refractivity contribution < 1.29 is 9.13 Å². The predicted octanol–water partition coefficient (Wildman–Crippen LogP) is 2.60. The van der Waals surface area contributed by atoms with Gasteiger partial charge in [-0.1, -0.05) is 6.07 Å². The predicted molar refractivity (Wildman–Crippen MR) is 62.1 cm³/mol. The first-order valence-corrected chi connectivity index (χ1v) is 5.78. The molecule has 2 N–H and O–H groups in total. The highest BCUT2D eigenvalue weighted by Crippen LogP contribution is 2.51. The molecule has 1 unspecified atom stereocenters. The molecule has 1 atom stereocenters. The molecule has 1 aliphatic rings. The minimum Gasteiger partial charge on any atom is -0.494 e. The van der Waals surface area contributed by atoms with Crippen molar-refractivity contribution in [1.82, 2.24) is 0 Å². The van der Waals surface area contributed by atoms with Gasteiger partial charge in [0.1, 0.15) is 11.6 Å². The molecular weight excluding hydrogens is 205 g/mol. The van der Waals surface area contributed by atoms with E-state index in [1.165, 1.54) is 6.07 Å². The van der Waals surface area contributed by atoms with E-state index in [2.05, 4.69) is 0 Å². The van der Waals surface area contributed by atoms with Crippen LogP contribution in [0.2, 0.25) is 0 Å². The summed E-state index contributed by atoms with van der Waals surface area (Å²) in [5.41, 5.74) is 6.54. The quantitative estimate of drug-likeness (QED) is 0.851. The first-order valence-electron chi connectivity index (χ1n) is 5.78. The zero-order valence-corrected chi connectivity index (χ0v) is 9.79. The Morgan fingerprint density at radius 1 is 1.50 bits per heavy atom. The maximum absolute atomic E-state index is 13.9. The van der Waals surface area contributed by atoms with E-state index >= 15 is 0 Å². The number of hydrogen-bond acceptors (Lipinski definition) is 2. The molecule has 16 heavy (non-hydrogen) atoms. The van der Waals surface area contributed by atoms with E-state index in [-0.39, 0.29) is 17.3 Å². The lowest BCUT2D eigenvalue weighted by molar-refractivity contribution is 0.337. The van der Waals surface area contributed by atoms with Crippen molar-refractivity contribution in [2.24, 2.45) is 5.73 Å². The van der Waals surface area contributed by atoms with Crippen LogP contribution >= 0.6 is 0 Å². The van der Waals surface area contributed by atoms with Gasteiger partial charge in [-0.15, -0.1) is 0 Å². The number of hydrogen-bond donors (Lipinski definition) is 1. The fourth-order valence-electron chi connectivity index (χ4n) is 2.26. The monoisotopic (exact) mass is 223 g/mol. The second kappa shape index (κ2) is 4.06. The second-order valence-electron chi connectivity index (χ2n) is 4.52. The highest BCUT2D eigenvalue weighted by molar-refractivity contribution is 5.39. The van der Waals surface area contributed by atoms with Crippen molar-refractivity contribution in [3.8, 4) is 5.75 Å². The molecule has 88 valence electrons. The average Bonchev–Trinajstić information content (AvgIpc) is 2.99. The fraction of sp³-hybridized carbons (Fsp3) is 0.538. The Morgan fingerprint density at radius 3 is 2.62 bits per heavy atom. The summed E-state index contributed by atoms with van der Waals surface area (Å²) in [5, 5.41) is 0. The molecule has 3 heteroatoms. The largest absolute Gasteiger partial charge is 0.494 e. The molecule has 1 aromatic carbocycles. The molecule has 0 bridgehead atoms. The summed E-state index contributed by atoms with van der Waals surface area (Å²) in [6.45, 7) is 4.39. The first kappa shape index (κ1) is 11.4. The zero-order chi connectivity index (χ0) is 11.8. The van der Waals surface area contributed by atoms with Crippen molar-refractivity contribution >= 4 is 0 Å². The van der Waals surface area contributed by atoms with Crippen LogP contribution in [0.5, 0.6) is 5.75 Å². The summed E-state index contributed by atoms with van der Waals surface area (Å²) < 4.78 is 19.2. The molecule has 2 nitrogen and oxygen atoms in total. The van der Waals surface area contributed by atoms with E-state index in [1.54, 1.807) is 0 Å². The van der Waals surface area contributed by atoms with Crippen LogP contribution in [0, 0.1) is 5.82 Å². The Balaban J connectivity index is 2.30. The summed E-state index contributed by atoms with van der Waals surface area (Å²) in [5.74, 6) is 0.393. The minimum atomic E-state index is -0.194. The Morgan fingerprint density at radius 2 is 2.19 bits per heavy atom. The summed E-state index contributed by atoms with van der Waals surface area (Å²) in [7, 11) is 0. The van der Waals surface area contributed by atoms with Crippen LogP contribution < -0.4 is 10.5 Å². The Hall–Kier alpha value is -1.09. The number of halogens is 1. The minimum absolute atomic E-state index is 0.0000523. The molecule has 0 amide bonds. The highest BCUT2D eigenvalue weighted by Gasteiger charge is 2.48. The van der Waals surface area contributed by atoms with Crippen LogP contribution in [0.4, 0.5) is 4.39 Å². The lowest BCUT2D eigenvalue weighted by Gasteiger charge is -2.21. The van der Waals surface area contributed by atoms with Crippen molar-refractivity contribution in [3.63, 3.8) is 0 Å².